The molecule has 1 N–H and O–H groups in total. The predicted octanol–water partition coefficient (Wildman–Crippen LogP) is 1.56. The van der Waals surface area contributed by atoms with E-state index >= 15 is 0 Å². The van der Waals surface area contributed by atoms with E-state index in [1.165, 1.54) is 25.1 Å². The molecule has 0 aromatic carbocycles. The van der Waals surface area contributed by atoms with Gasteiger partial charge in [0.2, 0.25) is 0 Å². The van der Waals surface area contributed by atoms with Crippen LogP contribution in [0, 0.1) is 0 Å². The smallest absolute Gasteiger partial charge is 0.0212 e. The highest BCUT2D eigenvalue weighted by atomic mass is 32.2. The van der Waals surface area contributed by atoms with Crippen LogP contribution in [0.2, 0.25) is 0 Å². The zero-order chi connectivity index (χ0) is 10.1. The number of likely N-dealkylation sites (tertiary alicyclic amines) is 1. The number of rotatable bonds is 2. The quantitative estimate of drug-likeness (QED) is 0.751. The SMILES string of the molecule is CC1SCCC1NC1CC(C)N(C)C1. The standard InChI is InChI=1S/C11H22N2S/c1-8-6-10(7-13(8)3)12-11-4-5-14-9(11)2/h8-12H,4-7H2,1-3H3. The number of hydrogen-bond donors (Lipinski definition) is 1. The lowest BCUT2D eigenvalue weighted by molar-refractivity contribution is 0.324. The van der Waals surface area contributed by atoms with Gasteiger partial charge in [0, 0.05) is 29.9 Å². The first-order valence-corrected chi connectivity index (χ1v) is 6.79. The molecule has 2 fully saturated rings. The van der Waals surface area contributed by atoms with Crippen LogP contribution in [-0.4, -0.2) is 47.6 Å². The average molecular weight is 214 g/mol. The summed E-state index contributed by atoms with van der Waals surface area (Å²) in [4.78, 5) is 2.46. The molecule has 2 aliphatic rings. The van der Waals surface area contributed by atoms with Gasteiger partial charge in [-0.25, -0.2) is 0 Å². The number of thioether (sulfide) groups is 1. The van der Waals surface area contributed by atoms with E-state index in [1.54, 1.807) is 0 Å². The van der Waals surface area contributed by atoms with E-state index in [-0.39, 0.29) is 0 Å². The molecule has 4 atom stereocenters. The van der Waals surface area contributed by atoms with Gasteiger partial charge in [0.05, 0.1) is 0 Å². The van der Waals surface area contributed by atoms with Gasteiger partial charge < -0.3 is 10.2 Å². The Morgan fingerprint density at radius 1 is 1.36 bits per heavy atom. The van der Waals surface area contributed by atoms with E-state index in [4.69, 9.17) is 0 Å². The minimum Gasteiger partial charge on any atom is -0.309 e. The number of nitrogens with one attached hydrogen (secondary N) is 1. The first kappa shape index (κ1) is 10.8. The Morgan fingerprint density at radius 2 is 2.14 bits per heavy atom. The minimum absolute atomic E-state index is 0.737. The van der Waals surface area contributed by atoms with Crippen LogP contribution < -0.4 is 5.32 Å². The third-order valence-electron chi connectivity index (χ3n) is 3.71. The summed E-state index contributed by atoms with van der Waals surface area (Å²) in [5, 5.41) is 4.64. The number of hydrogen-bond acceptors (Lipinski definition) is 3. The summed E-state index contributed by atoms with van der Waals surface area (Å²) < 4.78 is 0. The molecule has 2 heterocycles. The Hall–Kier alpha value is 0.270. The van der Waals surface area contributed by atoms with Crippen LogP contribution in [0.15, 0.2) is 0 Å². The molecule has 0 saturated carbocycles. The highest BCUT2D eigenvalue weighted by Crippen LogP contribution is 2.27. The van der Waals surface area contributed by atoms with Crippen LogP contribution in [0.3, 0.4) is 0 Å². The van der Waals surface area contributed by atoms with E-state index in [0.717, 1.165) is 23.4 Å². The summed E-state index contributed by atoms with van der Waals surface area (Å²) in [6.07, 6.45) is 2.69. The second-order valence-electron chi connectivity index (χ2n) is 4.86. The molecule has 3 heteroatoms. The maximum atomic E-state index is 3.83. The van der Waals surface area contributed by atoms with E-state index < -0.39 is 0 Å². The lowest BCUT2D eigenvalue weighted by Crippen LogP contribution is -2.42. The molecule has 0 aromatic heterocycles. The fraction of sp³-hybridized carbons (Fsp3) is 1.00. The molecule has 0 bridgehead atoms. The van der Waals surface area contributed by atoms with Crippen LogP contribution in [0.5, 0.6) is 0 Å². The molecule has 2 aliphatic heterocycles. The van der Waals surface area contributed by atoms with Crippen molar-refractivity contribution >= 4 is 11.8 Å². The largest absolute Gasteiger partial charge is 0.309 e. The maximum Gasteiger partial charge on any atom is 0.0212 e. The van der Waals surface area contributed by atoms with E-state index in [0.29, 0.717) is 0 Å². The van der Waals surface area contributed by atoms with Gasteiger partial charge in [0.15, 0.2) is 0 Å². The summed E-state index contributed by atoms with van der Waals surface area (Å²) in [6.45, 7) is 5.92. The molecule has 82 valence electrons. The van der Waals surface area contributed by atoms with Crippen LogP contribution in [0.25, 0.3) is 0 Å². The second kappa shape index (κ2) is 4.42. The van der Waals surface area contributed by atoms with E-state index in [9.17, 15) is 0 Å². The molecule has 0 aromatic rings. The number of likely N-dealkylation sites (N-methyl/N-ethyl adjacent to an activating group) is 1. The molecule has 4 unspecified atom stereocenters. The van der Waals surface area contributed by atoms with Crippen LogP contribution >= 0.6 is 11.8 Å². The van der Waals surface area contributed by atoms with Crippen molar-refractivity contribution in [2.75, 3.05) is 19.3 Å². The van der Waals surface area contributed by atoms with Crippen LogP contribution in [-0.2, 0) is 0 Å². The molecule has 0 aliphatic carbocycles. The van der Waals surface area contributed by atoms with Crippen molar-refractivity contribution in [2.45, 2.75) is 50.1 Å². The Labute approximate surface area is 91.8 Å². The molecule has 0 amide bonds. The van der Waals surface area contributed by atoms with Gasteiger partial charge in [-0.15, -0.1) is 0 Å². The van der Waals surface area contributed by atoms with Crippen LogP contribution in [0.4, 0.5) is 0 Å². The minimum atomic E-state index is 0.737. The first-order chi connectivity index (χ1) is 6.66. The van der Waals surface area contributed by atoms with Gasteiger partial charge in [-0.2, -0.15) is 11.8 Å². The van der Waals surface area contributed by atoms with Crippen molar-refractivity contribution in [2.24, 2.45) is 0 Å². The van der Waals surface area contributed by atoms with Crippen molar-refractivity contribution in [1.29, 1.82) is 0 Å². The summed E-state index contributed by atoms with van der Waals surface area (Å²) in [5.74, 6) is 1.34. The lowest BCUT2D eigenvalue weighted by atomic mass is 10.1. The van der Waals surface area contributed by atoms with Crippen molar-refractivity contribution in [1.82, 2.24) is 10.2 Å². The van der Waals surface area contributed by atoms with Gasteiger partial charge in [0.25, 0.3) is 0 Å². The monoisotopic (exact) mass is 214 g/mol. The van der Waals surface area contributed by atoms with Gasteiger partial charge in [-0.3, -0.25) is 0 Å². The lowest BCUT2D eigenvalue weighted by Gasteiger charge is -2.21. The Kier molecular flexibility index (Phi) is 3.40. The molecule has 0 spiro atoms. The predicted molar refractivity (Wildman–Crippen MR) is 64.0 cm³/mol. The third-order valence-corrected chi connectivity index (χ3v) is 5.04. The summed E-state index contributed by atoms with van der Waals surface area (Å²) in [7, 11) is 2.24. The fourth-order valence-corrected chi connectivity index (χ4v) is 3.78. The van der Waals surface area contributed by atoms with Crippen molar-refractivity contribution in [3.05, 3.63) is 0 Å². The number of nitrogens with zero attached hydrogens (tertiary/aromatic N) is 1. The van der Waals surface area contributed by atoms with Crippen molar-refractivity contribution < 1.29 is 0 Å². The average Bonchev–Trinajstić information content (AvgIpc) is 2.63. The molecule has 14 heavy (non-hydrogen) atoms. The van der Waals surface area contributed by atoms with E-state index in [1.807, 2.05) is 0 Å². The maximum absolute atomic E-state index is 3.83. The van der Waals surface area contributed by atoms with Gasteiger partial charge >= 0.3 is 0 Å². The molecular weight excluding hydrogens is 192 g/mol. The van der Waals surface area contributed by atoms with Crippen molar-refractivity contribution in [3.63, 3.8) is 0 Å². The Morgan fingerprint density at radius 3 is 2.64 bits per heavy atom. The Balaban J connectivity index is 1.81. The highest BCUT2D eigenvalue weighted by Gasteiger charge is 2.31. The topological polar surface area (TPSA) is 15.3 Å². The molecular formula is C11H22N2S. The summed E-state index contributed by atoms with van der Waals surface area (Å²) in [6, 6.07) is 2.27. The molecule has 2 saturated heterocycles. The molecule has 2 nitrogen and oxygen atoms in total. The molecule has 2 rings (SSSR count). The zero-order valence-electron chi connectivity index (χ0n) is 9.49. The summed E-state index contributed by atoms with van der Waals surface area (Å²) >= 11 is 2.11. The summed E-state index contributed by atoms with van der Waals surface area (Å²) in [5.41, 5.74) is 0. The van der Waals surface area contributed by atoms with Gasteiger partial charge in [0.1, 0.15) is 0 Å². The fourth-order valence-electron chi connectivity index (χ4n) is 2.57. The normalized spacial score (nSPS) is 44.8. The first-order valence-electron chi connectivity index (χ1n) is 5.74. The van der Waals surface area contributed by atoms with Gasteiger partial charge in [-0.1, -0.05) is 6.92 Å². The molecule has 0 radical (unpaired) electrons. The third kappa shape index (κ3) is 2.26. The van der Waals surface area contributed by atoms with Crippen molar-refractivity contribution in [3.8, 4) is 0 Å². The van der Waals surface area contributed by atoms with E-state index in [2.05, 4.69) is 42.9 Å². The second-order valence-corrected chi connectivity index (χ2v) is 6.34. The van der Waals surface area contributed by atoms with Crippen LogP contribution in [0.1, 0.15) is 26.7 Å². The Bertz CT molecular complexity index is 188. The van der Waals surface area contributed by atoms with Gasteiger partial charge in [-0.05, 0) is 32.6 Å². The zero-order valence-corrected chi connectivity index (χ0v) is 10.3. The highest BCUT2D eigenvalue weighted by molar-refractivity contribution is 8.00.